The van der Waals surface area contributed by atoms with Crippen LogP contribution in [0.2, 0.25) is 0 Å². The van der Waals surface area contributed by atoms with Crippen LogP contribution in [0.15, 0.2) is 127 Å². The summed E-state index contributed by atoms with van der Waals surface area (Å²) in [7, 11) is 0. The molecule has 5 aromatic carbocycles. The second kappa shape index (κ2) is 22.8. The van der Waals surface area contributed by atoms with Crippen LogP contribution in [0.3, 0.4) is 0 Å². The first-order valence-corrected chi connectivity index (χ1v) is 24.8. The summed E-state index contributed by atoms with van der Waals surface area (Å²) in [6.45, 7) is 6.67. The molecule has 4 atom stereocenters. The van der Waals surface area contributed by atoms with Gasteiger partial charge >= 0.3 is 0 Å². The highest BCUT2D eigenvalue weighted by Crippen LogP contribution is 2.49. The van der Waals surface area contributed by atoms with Crippen LogP contribution in [-0.2, 0) is 37.5 Å². The Morgan fingerprint density at radius 2 is 0.983 bits per heavy atom. The number of fused-ring (bicyclic) bond motifs is 3. The van der Waals surface area contributed by atoms with Crippen molar-refractivity contribution in [3.05, 3.63) is 177 Å². The van der Waals surface area contributed by atoms with Gasteiger partial charge in [-0.3, -0.25) is 0 Å². The molecule has 0 aromatic heterocycles. The fourth-order valence-corrected chi connectivity index (χ4v) is 11.2. The minimum atomic E-state index is 0.293. The fourth-order valence-electron chi connectivity index (χ4n) is 11.2. The van der Waals surface area contributed by atoms with Crippen LogP contribution in [0.1, 0.15) is 192 Å². The molecule has 1 saturated carbocycles. The third-order valence-corrected chi connectivity index (χ3v) is 14.7. The molecule has 318 valence electrons. The number of aryl methyl sites for hydroxylation is 4. The van der Waals surface area contributed by atoms with Gasteiger partial charge in [-0.2, -0.15) is 0 Å². The summed E-state index contributed by atoms with van der Waals surface area (Å²) in [4.78, 5) is 0. The average Bonchev–Trinajstić information content (AvgIpc) is 3.27. The van der Waals surface area contributed by atoms with Gasteiger partial charge in [0.05, 0.1) is 0 Å². The molecular weight excluding hydrogens is 721 g/mol. The molecule has 0 nitrogen and oxygen atoms in total. The zero-order chi connectivity index (χ0) is 41.4. The van der Waals surface area contributed by atoms with Crippen molar-refractivity contribution in [2.75, 3.05) is 0 Å². The highest BCUT2D eigenvalue weighted by atomic mass is 14.4. The van der Waals surface area contributed by atoms with E-state index in [4.69, 9.17) is 0 Å². The largest absolute Gasteiger partial charge is 0.0622 e. The summed E-state index contributed by atoms with van der Waals surface area (Å²) in [5, 5.41) is 0. The molecule has 0 heterocycles. The molecule has 5 aromatic rings. The minimum absolute atomic E-state index is 0.293. The molecule has 0 spiro atoms. The van der Waals surface area contributed by atoms with E-state index in [0.717, 1.165) is 17.8 Å². The molecule has 0 amide bonds. The lowest BCUT2D eigenvalue weighted by molar-refractivity contribution is 0.199. The van der Waals surface area contributed by atoms with E-state index in [9.17, 15) is 0 Å². The van der Waals surface area contributed by atoms with Crippen LogP contribution in [0, 0.1) is 11.8 Å². The van der Waals surface area contributed by atoms with Gasteiger partial charge in [0.1, 0.15) is 0 Å². The van der Waals surface area contributed by atoms with Gasteiger partial charge in [0, 0.05) is 5.92 Å². The van der Waals surface area contributed by atoms with Crippen molar-refractivity contribution in [2.24, 2.45) is 11.8 Å². The molecule has 3 aliphatic rings. The Hall–Kier alpha value is -3.90. The first kappa shape index (κ1) is 44.2. The summed E-state index contributed by atoms with van der Waals surface area (Å²) >= 11 is 0. The molecule has 3 aliphatic carbocycles. The summed E-state index contributed by atoms with van der Waals surface area (Å²) in [6.07, 6.45) is 29.8. The third kappa shape index (κ3) is 12.8. The molecule has 4 unspecified atom stereocenters. The maximum Gasteiger partial charge on any atom is 0.0123 e. The average molecular weight is 799 g/mol. The molecule has 0 bridgehead atoms. The summed E-state index contributed by atoms with van der Waals surface area (Å²) in [5.41, 5.74) is 14.3. The molecule has 0 heteroatoms. The van der Waals surface area contributed by atoms with Crippen LogP contribution >= 0.6 is 0 Å². The van der Waals surface area contributed by atoms with E-state index in [1.165, 1.54) is 164 Å². The lowest BCUT2D eigenvalue weighted by Gasteiger charge is -2.43. The summed E-state index contributed by atoms with van der Waals surface area (Å²) < 4.78 is 0. The standard InChI is InChI=1S/C50H64.C10H14/c1(3-5-8-18-39-28-30-41(31-29-39)32-35-43-21-11-7-10-20-42-22-12-15-25-47(42)43)2-4-6-9-19-40-33-36-44(37-34-40)50-48-26-16-13-23-45(48)38-46-24-14-17-27-49(46)50;1-10(2,3)9-7-5-4-6-8-9/h12-13,15-16,22-23,25-26,28-31,33-34,36-37,43,46,49-50H,1-11,14,17-21,24,27,32,35,38H2;4-8H,1-3H3. The highest BCUT2D eigenvalue weighted by molar-refractivity contribution is 5.42. The van der Waals surface area contributed by atoms with Gasteiger partial charge in [0.25, 0.3) is 0 Å². The van der Waals surface area contributed by atoms with Crippen LogP contribution in [0.5, 0.6) is 0 Å². The Kier molecular flexibility index (Phi) is 16.8. The number of hydrogen-bond donors (Lipinski definition) is 0. The number of benzene rings is 5. The number of hydrogen-bond acceptors (Lipinski definition) is 0. The van der Waals surface area contributed by atoms with E-state index >= 15 is 0 Å². The Balaban J connectivity index is 0.000000478. The van der Waals surface area contributed by atoms with Crippen molar-refractivity contribution in [2.45, 2.75) is 179 Å². The second-order valence-corrected chi connectivity index (χ2v) is 20.1. The predicted octanol–water partition coefficient (Wildman–Crippen LogP) is 16.9. The molecule has 0 N–H and O–H groups in total. The van der Waals surface area contributed by atoms with Gasteiger partial charge < -0.3 is 0 Å². The number of rotatable bonds is 15. The van der Waals surface area contributed by atoms with Gasteiger partial charge in [0.15, 0.2) is 0 Å². The second-order valence-electron chi connectivity index (χ2n) is 20.1. The molecular formula is C60H78. The maximum atomic E-state index is 2.49. The van der Waals surface area contributed by atoms with Crippen LogP contribution in [0.25, 0.3) is 0 Å². The molecule has 60 heavy (non-hydrogen) atoms. The lowest BCUT2D eigenvalue weighted by atomic mass is 9.62. The Morgan fingerprint density at radius 1 is 0.450 bits per heavy atom. The third-order valence-electron chi connectivity index (χ3n) is 14.7. The van der Waals surface area contributed by atoms with Gasteiger partial charge in [-0.1, -0.05) is 212 Å². The van der Waals surface area contributed by atoms with Gasteiger partial charge in [-0.15, -0.1) is 0 Å². The molecule has 0 radical (unpaired) electrons. The Labute approximate surface area is 367 Å². The minimum Gasteiger partial charge on any atom is -0.0622 e. The van der Waals surface area contributed by atoms with E-state index in [0.29, 0.717) is 11.3 Å². The van der Waals surface area contributed by atoms with Crippen molar-refractivity contribution in [1.29, 1.82) is 0 Å². The normalized spacial score (nSPS) is 20.1. The van der Waals surface area contributed by atoms with Gasteiger partial charge in [-0.05, 0) is 150 Å². The lowest BCUT2D eigenvalue weighted by Crippen LogP contribution is -2.32. The van der Waals surface area contributed by atoms with E-state index in [2.05, 4.69) is 148 Å². The van der Waals surface area contributed by atoms with Gasteiger partial charge in [-0.25, -0.2) is 0 Å². The highest BCUT2D eigenvalue weighted by Gasteiger charge is 2.38. The Morgan fingerprint density at radius 3 is 1.63 bits per heavy atom. The van der Waals surface area contributed by atoms with Crippen molar-refractivity contribution in [3.8, 4) is 0 Å². The fraction of sp³-hybridized carbons (Fsp3) is 0.500. The number of unbranched alkanes of at least 4 members (excludes halogenated alkanes) is 7. The first-order chi connectivity index (χ1) is 29.4. The Bertz CT molecular complexity index is 1960. The monoisotopic (exact) mass is 799 g/mol. The smallest absolute Gasteiger partial charge is 0.0123 e. The maximum absolute atomic E-state index is 2.49. The van der Waals surface area contributed by atoms with Crippen LogP contribution in [0.4, 0.5) is 0 Å². The predicted molar refractivity (Wildman–Crippen MR) is 259 cm³/mol. The van der Waals surface area contributed by atoms with Crippen molar-refractivity contribution < 1.29 is 0 Å². The van der Waals surface area contributed by atoms with E-state index < -0.39 is 0 Å². The molecule has 0 saturated heterocycles. The summed E-state index contributed by atoms with van der Waals surface area (Å²) in [6, 6.07) is 48.7. The zero-order valence-corrected chi connectivity index (χ0v) is 38.0. The van der Waals surface area contributed by atoms with Crippen molar-refractivity contribution >= 4 is 0 Å². The zero-order valence-electron chi connectivity index (χ0n) is 38.0. The first-order valence-electron chi connectivity index (χ1n) is 24.8. The van der Waals surface area contributed by atoms with Crippen LogP contribution in [-0.4, -0.2) is 0 Å². The van der Waals surface area contributed by atoms with Gasteiger partial charge in [0.2, 0.25) is 0 Å². The topological polar surface area (TPSA) is 0 Å². The van der Waals surface area contributed by atoms with Crippen molar-refractivity contribution in [1.82, 2.24) is 0 Å². The molecule has 0 aliphatic heterocycles. The van der Waals surface area contributed by atoms with E-state index in [1.54, 1.807) is 27.8 Å². The van der Waals surface area contributed by atoms with E-state index in [-0.39, 0.29) is 0 Å². The molecule has 1 fully saturated rings. The van der Waals surface area contributed by atoms with E-state index in [1.807, 2.05) is 0 Å². The van der Waals surface area contributed by atoms with Crippen LogP contribution < -0.4 is 0 Å². The summed E-state index contributed by atoms with van der Waals surface area (Å²) in [5.74, 6) is 3.07. The molecule has 8 rings (SSSR count). The SMILES string of the molecule is CC(C)(C)c1ccccc1.c1ccc2c(c1)CCCCCC2CCc1ccc(CCCCCCCCCCc2ccc(C3c4ccccc4CC4CCCCC43)cc2)cc1. The quantitative estimate of drug-likeness (QED) is 0.0926. The van der Waals surface area contributed by atoms with Crippen molar-refractivity contribution in [3.63, 3.8) is 0 Å².